The van der Waals surface area contributed by atoms with Crippen molar-refractivity contribution in [2.75, 3.05) is 0 Å². The molecule has 0 fully saturated rings. The number of amides is 1. The summed E-state index contributed by atoms with van der Waals surface area (Å²) in [6.07, 6.45) is 0. The van der Waals surface area contributed by atoms with E-state index in [4.69, 9.17) is 0 Å². The van der Waals surface area contributed by atoms with E-state index in [0.29, 0.717) is 22.7 Å². The van der Waals surface area contributed by atoms with Crippen molar-refractivity contribution in [1.82, 2.24) is 10.3 Å². The van der Waals surface area contributed by atoms with Gasteiger partial charge in [-0.1, -0.05) is 12.1 Å². The van der Waals surface area contributed by atoms with Gasteiger partial charge in [-0.3, -0.25) is 4.79 Å². The first kappa shape index (κ1) is 14.9. The van der Waals surface area contributed by atoms with Crippen LogP contribution in [0.2, 0.25) is 0 Å². The highest BCUT2D eigenvalue weighted by Gasteiger charge is 2.13. The summed E-state index contributed by atoms with van der Waals surface area (Å²) in [7, 11) is 0. The lowest BCUT2D eigenvalue weighted by molar-refractivity contribution is 0.0951. The van der Waals surface area contributed by atoms with Gasteiger partial charge in [-0.15, -0.1) is 11.3 Å². The van der Waals surface area contributed by atoms with Crippen LogP contribution in [0.5, 0.6) is 0 Å². The summed E-state index contributed by atoms with van der Waals surface area (Å²) in [5.41, 5.74) is 1.96. The van der Waals surface area contributed by atoms with Crippen molar-refractivity contribution in [3.05, 3.63) is 63.0 Å². The molecule has 0 saturated heterocycles. The monoisotopic (exact) mass is 332 g/mol. The second kappa shape index (κ2) is 6.37. The van der Waals surface area contributed by atoms with Gasteiger partial charge in [-0.25, -0.2) is 9.37 Å². The summed E-state index contributed by atoms with van der Waals surface area (Å²) < 4.78 is 13.8. The number of rotatable bonds is 4. The first-order chi connectivity index (χ1) is 10.6. The molecule has 3 aromatic rings. The fourth-order valence-corrected chi connectivity index (χ4v) is 3.66. The molecule has 2 heterocycles. The van der Waals surface area contributed by atoms with E-state index in [1.807, 2.05) is 12.3 Å². The van der Waals surface area contributed by atoms with E-state index in [1.165, 1.54) is 28.7 Å². The minimum atomic E-state index is -0.287. The Kier molecular flexibility index (Phi) is 4.31. The molecule has 0 spiro atoms. The number of carbonyl (C=O) groups is 1. The van der Waals surface area contributed by atoms with E-state index >= 15 is 0 Å². The van der Waals surface area contributed by atoms with E-state index in [1.54, 1.807) is 29.6 Å². The van der Waals surface area contributed by atoms with Gasteiger partial charge in [-0.2, -0.15) is 11.3 Å². The molecule has 0 aliphatic heterocycles. The first-order valence-corrected chi connectivity index (χ1v) is 8.42. The fraction of sp³-hybridized carbons (Fsp3) is 0.125. The molecule has 6 heteroatoms. The largest absolute Gasteiger partial charge is 0.347 e. The number of carbonyl (C=O) groups excluding carboxylic acids is 1. The number of hydrogen-bond donors (Lipinski definition) is 1. The van der Waals surface area contributed by atoms with Crippen molar-refractivity contribution in [3.8, 4) is 10.6 Å². The summed E-state index contributed by atoms with van der Waals surface area (Å²) in [5, 5.41) is 7.17. The molecule has 0 aliphatic rings. The molecule has 1 aromatic carbocycles. The number of benzene rings is 1. The number of nitrogens with zero attached hydrogens (tertiary/aromatic N) is 1. The van der Waals surface area contributed by atoms with Gasteiger partial charge in [0.2, 0.25) is 0 Å². The number of nitrogens with one attached hydrogen (secondary N) is 1. The molecule has 0 unspecified atom stereocenters. The van der Waals surface area contributed by atoms with E-state index in [2.05, 4.69) is 10.3 Å². The molecule has 3 rings (SSSR count). The molecule has 112 valence electrons. The van der Waals surface area contributed by atoms with Crippen molar-refractivity contribution >= 4 is 28.6 Å². The predicted molar refractivity (Wildman–Crippen MR) is 87.7 cm³/mol. The van der Waals surface area contributed by atoms with Crippen LogP contribution >= 0.6 is 22.7 Å². The molecule has 1 N–H and O–H groups in total. The minimum absolute atomic E-state index is 0.110. The fourth-order valence-electron chi connectivity index (χ4n) is 2.00. The normalized spacial score (nSPS) is 10.6. The zero-order chi connectivity index (χ0) is 15.5. The summed E-state index contributed by atoms with van der Waals surface area (Å²) in [6, 6.07) is 8.35. The van der Waals surface area contributed by atoms with Crippen LogP contribution in [0, 0.1) is 12.7 Å². The summed E-state index contributed by atoms with van der Waals surface area (Å²) in [5.74, 6) is -0.397. The molecule has 3 nitrogen and oxygen atoms in total. The third kappa shape index (κ3) is 3.08. The van der Waals surface area contributed by atoms with E-state index in [-0.39, 0.29) is 11.7 Å². The Morgan fingerprint density at radius 2 is 2.14 bits per heavy atom. The van der Waals surface area contributed by atoms with Crippen LogP contribution in [0.25, 0.3) is 10.6 Å². The third-order valence-corrected chi connectivity index (χ3v) is 5.06. The Hall–Kier alpha value is -2.05. The van der Waals surface area contributed by atoms with Crippen molar-refractivity contribution in [2.24, 2.45) is 0 Å². The van der Waals surface area contributed by atoms with Crippen LogP contribution in [0.1, 0.15) is 20.9 Å². The number of aryl methyl sites for hydroxylation is 1. The van der Waals surface area contributed by atoms with E-state index < -0.39 is 0 Å². The highest BCUT2D eigenvalue weighted by atomic mass is 32.1. The lowest BCUT2D eigenvalue weighted by Crippen LogP contribution is -2.22. The van der Waals surface area contributed by atoms with Crippen LogP contribution in [-0.4, -0.2) is 10.9 Å². The molecule has 0 aliphatic carbocycles. The second-order valence-electron chi connectivity index (χ2n) is 4.70. The first-order valence-electron chi connectivity index (χ1n) is 6.67. The molecule has 22 heavy (non-hydrogen) atoms. The molecule has 0 bridgehead atoms. The number of thiazole rings is 1. The van der Waals surface area contributed by atoms with Gasteiger partial charge in [0.15, 0.2) is 0 Å². The van der Waals surface area contributed by atoms with Gasteiger partial charge in [0.05, 0.1) is 12.2 Å². The van der Waals surface area contributed by atoms with Crippen LogP contribution in [0.4, 0.5) is 4.39 Å². The van der Waals surface area contributed by atoms with Crippen LogP contribution in [-0.2, 0) is 6.54 Å². The number of hydrogen-bond acceptors (Lipinski definition) is 4. The Bertz CT molecular complexity index is 796. The summed E-state index contributed by atoms with van der Waals surface area (Å²) >= 11 is 2.89. The lowest BCUT2D eigenvalue weighted by atomic mass is 10.2. The third-order valence-electron chi connectivity index (χ3n) is 3.19. The molecule has 1 amide bonds. The highest BCUT2D eigenvalue weighted by Crippen LogP contribution is 2.29. The topological polar surface area (TPSA) is 42.0 Å². The molecular formula is C16H13FN2OS2. The van der Waals surface area contributed by atoms with Gasteiger partial charge >= 0.3 is 0 Å². The Balaban J connectivity index is 1.76. The number of halogens is 1. The summed E-state index contributed by atoms with van der Waals surface area (Å²) in [6.45, 7) is 2.26. The van der Waals surface area contributed by atoms with Crippen molar-refractivity contribution < 1.29 is 9.18 Å². The zero-order valence-corrected chi connectivity index (χ0v) is 13.4. The van der Waals surface area contributed by atoms with Gasteiger partial charge in [0.1, 0.15) is 10.8 Å². The molecule has 2 aromatic heterocycles. The quantitative estimate of drug-likeness (QED) is 0.776. The highest BCUT2D eigenvalue weighted by molar-refractivity contribution is 7.15. The average Bonchev–Trinajstić information content (AvgIpc) is 3.15. The van der Waals surface area contributed by atoms with Gasteiger partial charge in [0.25, 0.3) is 5.91 Å². The van der Waals surface area contributed by atoms with E-state index in [9.17, 15) is 9.18 Å². The molecule has 0 saturated carbocycles. The van der Waals surface area contributed by atoms with Gasteiger partial charge < -0.3 is 5.32 Å². The van der Waals surface area contributed by atoms with Crippen LogP contribution in [0.3, 0.4) is 0 Å². The van der Waals surface area contributed by atoms with E-state index in [0.717, 1.165) is 10.6 Å². The maximum Gasteiger partial charge on any atom is 0.252 e. The van der Waals surface area contributed by atoms with Crippen molar-refractivity contribution in [2.45, 2.75) is 13.5 Å². The number of aromatic nitrogens is 1. The maximum absolute atomic E-state index is 13.8. The minimum Gasteiger partial charge on any atom is -0.347 e. The number of thiophene rings is 1. The molecule has 0 radical (unpaired) electrons. The standard InChI is InChI=1S/C16H13FN2OS2/c1-10-14(8-18-15(20)11-6-7-21-9-11)22-16(19-10)12-4-2-3-5-13(12)17/h2-7,9H,8H2,1H3,(H,18,20). The van der Waals surface area contributed by atoms with Crippen LogP contribution in [0.15, 0.2) is 41.1 Å². The Morgan fingerprint density at radius 1 is 1.32 bits per heavy atom. The SMILES string of the molecule is Cc1nc(-c2ccccc2F)sc1CNC(=O)c1ccsc1. The molecular weight excluding hydrogens is 319 g/mol. The second-order valence-corrected chi connectivity index (χ2v) is 6.57. The summed E-state index contributed by atoms with van der Waals surface area (Å²) in [4.78, 5) is 17.3. The Labute approximate surface area is 135 Å². The maximum atomic E-state index is 13.8. The van der Waals surface area contributed by atoms with Gasteiger partial charge in [0, 0.05) is 21.4 Å². The molecule has 0 atom stereocenters. The van der Waals surface area contributed by atoms with Gasteiger partial charge in [-0.05, 0) is 30.5 Å². The van der Waals surface area contributed by atoms with Crippen LogP contribution < -0.4 is 5.32 Å². The van der Waals surface area contributed by atoms with Crippen molar-refractivity contribution in [1.29, 1.82) is 0 Å². The average molecular weight is 332 g/mol. The van der Waals surface area contributed by atoms with Crippen molar-refractivity contribution in [3.63, 3.8) is 0 Å². The predicted octanol–water partition coefficient (Wildman–Crippen LogP) is 4.25. The zero-order valence-electron chi connectivity index (χ0n) is 11.8. The lowest BCUT2D eigenvalue weighted by Gasteiger charge is -2.02. The Morgan fingerprint density at radius 3 is 2.86 bits per heavy atom. The smallest absolute Gasteiger partial charge is 0.252 e.